The third-order valence-electron chi connectivity index (χ3n) is 3.32. The number of ether oxygens (including phenoxy) is 1. The van der Waals surface area contributed by atoms with Crippen molar-refractivity contribution < 1.29 is 24.2 Å². The molecule has 0 aliphatic carbocycles. The first kappa shape index (κ1) is 17.3. The van der Waals surface area contributed by atoms with E-state index in [-0.39, 0.29) is 24.8 Å². The summed E-state index contributed by atoms with van der Waals surface area (Å²) in [6.07, 6.45) is 1.28. The van der Waals surface area contributed by atoms with Gasteiger partial charge in [0, 0.05) is 19.5 Å². The second-order valence-electron chi connectivity index (χ2n) is 5.54. The molecular weight excluding hydrogens is 276 g/mol. The summed E-state index contributed by atoms with van der Waals surface area (Å²) in [6.45, 7) is 5.06. The fourth-order valence-corrected chi connectivity index (χ4v) is 2.30. The van der Waals surface area contributed by atoms with Gasteiger partial charge in [0.2, 0.25) is 5.91 Å². The Morgan fingerprint density at radius 2 is 2.24 bits per heavy atom. The van der Waals surface area contributed by atoms with Crippen molar-refractivity contribution in [2.45, 2.75) is 45.6 Å². The van der Waals surface area contributed by atoms with E-state index in [4.69, 9.17) is 9.84 Å². The van der Waals surface area contributed by atoms with Crippen molar-refractivity contribution in [3.05, 3.63) is 0 Å². The Morgan fingerprint density at radius 1 is 1.52 bits per heavy atom. The van der Waals surface area contributed by atoms with Gasteiger partial charge in [-0.3, -0.25) is 9.59 Å². The van der Waals surface area contributed by atoms with Gasteiger partial charge in [-0.1, -0.05) is 20.3 Å². The number of rotatable bonds is 8. The molecule has 0 radical (unpaired) electrons. The molecule has 1 aliphatic rings. The lowest BCUT2D eigenvalue weighted by atomic mass is 10.1. The van der Waals surface area contributed by atoms with Crippen molar-refractivity contribution in [3.63, 3.8) is 0 Å². The second-order valence-corrected chi connectivity index (χ2v) is 5.54. The lowest BCUT2D eigenvalue weighted by Gasteiger charge is -2.23. The molecule has 2 N–H and O–H groups in total. The van der Waals surface area contributed by atoms with Crippen LogP contribution in [0, 0.1) is 5.92 Å². The predicted molar refractivity (Wildman–Crippen MR) is 75.8 cm³/mol. The fraction of sp³-hybridized carbons (Fsp3) is 0.786. The highest BCUT2D eigenvalue weighted by Gasteiger charge is 2.29. The summed E-state index contributed by atoms with van der Waals surface area (Å²) in [4.78, 5) is 35.8. The van der Waals surface area contributed by atoms with E-state index in [0.717, 1.165) is 12.8 Å². The normalized spacial score (nSPS) is 19.4. The molecule has 0 saturated carbocycles. The van der Waals surface area contributed by atoms with Gasteiger partial charge in [-0.25, -0.2) is 4.79 Å². The highest BCUT2D eigenvalue weighted by atomic mass is 16.5. The fourth-order valence-electron chi connectivity index (χ4n) is 2.30. The summed E-state index contributed by atoms with van der Waals surface area (Å²) >= 11 is 0. The molecule has 0 unspecified atom stereocenters. The maximum atomic E-state index is 11.7. The van der Waals surface area contributed by atoms with Crippen LogP contribution in [0.4, 0.5) is 4.79 Å². The largest absolute Gasteiger partial charge is 0.481 e. The molecule has 7 heteroatoms. The first-order chi connectivity index (χ1) is 9.92. The molecule has 0 aromatic rings. The molecule has 2 atom stereocenters. The summed E-state index contributed by atoms with van der Waals surface area (Å²) < 4.78 is 4.96. The van der Waals surface area contributed by atoms with Gasteiger partial charge in [0.1, 0.15) is 0 Å². The first-order valence-electron chi connectivity index (χ1n) is 7.35. The SMILES string of the molecule is CCCCOC(=O)N[C@@H](CC(=O)O)CN1C[C@H](C)CC1=O. The van der Waals surface area contributed by atoms with Gasteiger partial charge in [-0.05, 0) is 12.3 Å². The molecule has 1 heterocycles. The van der Waals surface area contributed by atoms with Crippen LogP contribution in [0.5, 0.6) is 0 Å². The van der Waals surface area contributed by atoms with Gasteiger partial charge in [-0.15, -0.1) is 0 Å². The van der Waals surface area contributed by atoms with Crippen LogP contribution in [0.1, 0.15) is 39.5 Å². The number of unbranched alkanes of at least 4 members (excludes halogenated alkanes) is 1. The Kier molecular flexibility index (Phi) is 6.98. The Balaban J connectivity index is 2.49. The van der Waals surface area contributed by atoms with E-state index in [1.54, 1.807) is 4.90 Å². The van der Waals surface area contributed by atoms with Crippen molar-refractivity contribution in [3.8, 4) is 0 Å². The van der Waals surface area contributed by atoms with Gasteiger partial charge >= 0.3 is 12.1 Å². The van der Waals surface area contributed by atoms with Crippen molar-refractivity contribution in [1.82, 2.24) is 10.2 Å². The van der Waals surface area contributed by atoms with E-state index in [1.807, 2.05) is 13.8 Å². The smallest absolute Gasteiger partial charge is 0.407 e. The Labute approximate surface area is 124 Å². The van der Waals surface area contributed by atoms with E-state index in [1.165, 1.54) is 0 Å². The molecule has 21 heavy (non-hydrogen) atoms. The molecule has 0 bridgehead atoms. The Morgan fingerprint density at radius 3 is 2.76 bits per heavy atom. The van der Waals surface area contributed by atoms with Crippen LogP contribution in [-0.2, 0) is 14.3 Å². The molecule has 1 rings (SSSR count). The quantitative estimate of drug-likeness (QED) is 0.657. The number of hydrogen-bond donors (Lipinski definition) is 2. The van der Waals surface area contributed by atoms with Gasteiger partial charge in [0.25, 0.3) is 0 Å². The number of likely N-dealkylation sites (tertiary alicyclic amines) is 1. The minimum Gasteiger partial charge on any atom is -0.481 e. The van der Waals surface area contributed by atoms with E-state index < -0.39 is 18.1 Å². The van der Waals surface area contributed by atoms with E-state index >= 15 is 0 Å². The standard InChI is InChI=1S/C14H24N2O5/c1-3-4-5-21-14(20)15-11(7-13(18)19)9-16-8-10(2)6-12(16)17/h10-11H,3-9H2,1-2H3,(H,15,20)(H,18,19)/t10-,11+/m1/s1. The molecule has 2 amide bonds. The van der Waals surface area contributed by atoms with Gasteiger partial charge < -0.3 is 20.1 Å². The molecule has 0 aromatic heterocycles. The number of carbonyl (C=O) groups excluding carboxylic acids is 2. The summed E-state index contributed by atoms with van der Waals surface area (Å²) in [5, 5.41) is 11.4. The molecular formula is C14H24N2O5. The van der Waals surface area contributed by atoms with Crippen LogP contribution in [-0.4, -0.2) is 53.7 Å². The molecule has 120 valence electrons. The van der Waals surface area contributed by atoms with E-state index in [9.17, 15) is 14.4 Å². The zero-order chi connectivity index (χ0) is 15.8. The van der Waals surface area contributed by atoms with Crippen molar-refractivity contribution in [2.75, 3.05) is 19.7 Å². The molecule has 1 aliphatic heterocycles. The van der Waals surface area contributed by atoms with Crippen LogP contribution in [0.2, 0.25) is 0 Å². The van der Waals surface area contributed by atoms with Crippen molar-refractivity contribution in [2.24, 2.45) is 5.92 Å². The van der Waals surface area contributed by atoms with Gasteiger partial charge in [0.15, 0.2) is 0 Å². The topological polar surface area (TPSA) is 95.9 Å². The lowest BCUT2D eigenvalue weighted by molar-refractivity contribution is -0.138. The Hall–Kier alpha value is -1.79. The second kappa shape index (κ2) is 8.49. The first-order valence-corrected chi connectivity index (χ1v) is 7.35. The van der Waals surface area contributed by atoms with E-state index in [0.29, 0.717) is 19.6 Å². The number of carboxylic acid groups (broad SMARTS) is 1. The molecule has 0 aromatic carbocycles. The number of hydrogen-bond acceptors (Lipinski definition) is 4. The van der Waals surface area contributed by atoms with Gasteiger partial charge in [-0.2, -0.15) is 0 Å². The molecule has 0 spiro atoms. The predicted octanol–water partition coefficient (Wildman–Crippen LogP) is 1.22. The van der Waals surface area contributed by atoms with Crippen LogP contribution in [0.15, 0.2) is 0 Å². The van der Waals surface area contributed by atoms with Crippen LogP contribution in [0.25, 0.3) is 0 Å². The van der Waals surface area contributed by atoms with E-state index in [2.05, 4.69) is 5.32 Å². The average molecular weight is 300 g/mol. The summed E-state index contributed by atoms with van der Waals surface area (Å²) in [5.41, 5.74) is 0. The number of alkyl carbamates (subject to hydrolysis) is 1. The number of nitrogens with zero attached hydrogens (tertiary/aromatic N) is 1. The summed E-state index contributed by atoms with van der Waals surface area (Å²) in [5.74, 6) is -0.757. The van der Waals surface area contributed by atoms with Crippen molar-refractivity contribution in [1.29, 1.82) is 0 Å². The maximum Gasteiger partial charge on any atom is 0.407 e. The van der Waals surface area contributed by atoms with Crippen LogP contribution in [0.3, 0.4) is 0 Å². The monoisotopic (exact) mass is 300 g/mol. The number of aliphatic carboxylic acids is 1. The third kappa shape index (κ3) is 6.46. The average Bonchev–Trinajstić information content (AvgIpc) is 2.67. The van der Waals surface area contributed by atoms with Crippen LogP contribution < -0.4 is 5.32 Å². The Bertz CT molecular complexity index is 386. The molecule has 1 saturated heterocycles. The number of carboxylic acids is 1. The summed E-state index contributed by atoms with van der Waals surface area (Å²) in [7, 11) is 0. The highest BCUT2D eigenvalue weighted by Crippen LogP contribution is 2.17. The van der Waals surface area contributed by atoms with Crippen LogP contribution >= 0.6 is 0 Å². The zero-order valence-corrected chi connectivity index (χ0v) is 12.6. The third-order valence-corrected chi connectivity index (χ3v) is 3.32. The highest BCUT2D eigenvalue weighted by molar-refractivity contribution is 5.79. The minimum absolute atomic E-state index is 0.000890. The lowest BCUT2D eigenvalue weighted by Crippen LogP contribution is -2.45. The molecule has 7 nitrogen and oxygen atoms in total. The zero-order valence-electron chi connectivity index (χ0n) is 12.6. The van der Waals surface area contributed by atoms with Crippen molar-refractivity contribution >= 4 is 18.0 Å². The van der Waals surface area contributed by atoms with Gasteiger partial charge in [0.05, 0.1) is 19.1 Å². The number of carbonyl (C=O) groups is 3. The maximum absolute atomic E-state index is 11.7. The molecule has 1 fully saturated rings. The minimum atomic E-state index is -1.02. The summed E-state index contributed by atoms with van der Waals surface area (Å²) in [6, 6.07) is -0.633. The number of amides is 2. The number of nitrogens with one attached hydrogen (secondary N) is 1.